The molecule has 3 fully saturated rings. The van der Waals surface area contributed by atoms with E-state index < -0.39 is 14.6 Å². The molecule has 0 spiro atoms. The number of anilines is 2. The summed E-state index contributed by atoms with van der Waals surface area (Å²) in [5.41, 5.74) is 1.78. The number of aromatic nitrogens is 2. The van der Waals surface area contributed by atoms with Crippen molar-refractivity contribution in [2.45, 2.75) is 54.3 Å². The summed E-state index contributed by atoms with van der Waals surface area (Å²) in [6, 6.07) is 15.4. The molecular weight excluding hydrogens is 578 g/mol. The molecule has 6 rings (SSSR count). The van der Waals surface area contributed by atoms with Crippen LogP contribution in [0, 0.1) is 0 Å². The van der Waals surface area contributed by atoms with E-state index in [-0.39, 0.29) is 35.9 Å². The topological polar surface area (TPSA) is 123 Å². The quantitative estimate of drug-likeness (QED) is 0.391. The molecule has 3 aliphatic rings. The van der Waals surface area contributed by atoms with Crippen molar-refractivity contribution in [3.63, 3.8) is 0 Å². The zero-order valence-corrected chi connectivity index (χ0v) is 25.0. The van der Waals surface area contributed by atoms with Gasteiger partial charge in [-0.1, -0.05) is 11.6 Å². The second-order valence-corrected chi connectivity index (χ2v) is 13.8. The molecule has 222 valence electrons. The van der Waals surface area contributed by atoms with Gasteiger partial charge in [0, 0.05) is 48.1 Å². The smallest absolute Gasteiger partial charge is 0.319 e. The number of hydrogen-bond acceptors (Lipinski definition) is 8. The molecule has 12 heteroatoms. The minimum Gasteiger partial charge on any atom is -0.381 e. The zero-order valence-electron chi connectivity index (χ0n) is 23.4. The van der Waals surface area contributed by atoms with Crippen LogP contribution in [-0.4, -0.2) is 69.5 Å². The molecule has 2 aromatic carbocycles. The Morgan fingerprint density at radius 1 is 1.00 bits per heavy atom. The van der Waals surface area contributed by atoms with Crippen LogP contribution in [0.2, 0.25) is 5.02 Å². The third-order valence-corrected chi connectivity index (χ3v) is 10.9. The first-order chi connectivity index (χ1) is 20.2. The first kappa shape index (κ1) is 28.9. The highest BCUT2D eigenvalue weighted by Gasteiger charge is 2.49. The Morgan fingerprint density at radius 3 is 2.38 bits per heavy atom. The summed E-state index contributed by atoms with van der Waals surface area (Å²) in [7, 11) is -3.91. The lowest BCUT2D eigenvalue weighted by molar-refractivity contribution is 0.0729. The molecule has 3 aromatic rings. The Kier molecular flexibility index (Phi) is 8.10. The normalized spacial score (nSPS) is 20.6. The molecule has 3 heterocycles. The highest BCUT2D eigenvalue weighted by atomic mass is 35.5. The second-order valence-electron chi connectivity index (χ2n) is 11.1. The van der Waals surface area contributed by atoms with Crippen molar-refractivity contribution < 1.29 is 22.7 Å². The molecule has 2 aliphatic heterocycles. The van der Waals surface area contributed by atoms with Gasteiger partial charge in [-0.2, -0.15) is 0 Å². The van der Waals surface area contributed by atoms with Crippen LogP contribution < -0.4 is 15.5 Å². The largest absolute Gasteiger partial charge is 0.381 e. The van der Waals surface area contributed by atoms with Gasteiger partial charge in [0.15, 0.2) is 15.7 Å². The number of carbonyl (C=O) groups excluding carboxylic acids is 1. The molecule has 2 saturated heterocycles. The lowest BCUT2D eigenvalue weighted by Gasteiger charge is -2.38. The van der Waals surface area contributed by atoms with Gasteiger partial charge in [0.05, 0.1) is 29.8 Å². The summed E-state index contributed by atoms with van der Waals surface area (Å²) in [5, 5.41) is 6.23. The van der Waals surface area contributed by atoms with Gasteiger partial charge in [-0.25, -0.2) is 23.2 Å². The highest BCUT2D eigenvalue weighted by molar-refractivity contribution is 7.92. The first-order valence-electron chi connectivity index (χ1n) is 14.2. The fourth-order valence-corrected chi connectivity index (χ4v) is 7.65. The predicted octanol–water partition coefficient (Wildman–Crippen LogP) is 4.79. The van der Waals surface area contributed by atoms with Gasteiger partial charge in [-0.15, -0.1) is 0 Å². The minimum atomic E-state index is -3.91. The van der Waals surface area contributed by atoms with Crippen LogP contribution in [0.4, 0.5) is 16.3 Å². The Balaban J connectivity index is 1.43. The number of hydrogen-bond donors (Lipinski definition) is 2. The van der Waals surface area contributed by atoms with E-state index in [9.17, 15) is 13.2 Å². The molecule has 0 radical (unpaired) electrons. The van der Waals surface area contributed by atoms with E-state index in [1.807, 2.05) is 18.2 Å². The molecule has 10 nitrogen and oxygen atoms in total. The first-order valence-corrected chi connectivity index (χ1v) is 16.1. The van der Waals surface area contributed by atoms with Crippen LogP contribution >= 0.6 is 11.6 Å². The lowest BCUT2D eigenvalue weighted by atomic mass is 9.94. The molecule has 2 amide bonds. The van der Waals surface area contributed by atoms with Gasteiger partial charge in [-0.3, -0.25) is 0 Å². The van der Waals surface area contributed by atoms with Crippen LogP contribution in [0.3, 0.4) is 0 Å². The van der Waals surface area contributed by atoms with Crippen LogP contribution in [0.15, 0.2) is 59.5 Å². The van der Waals surface area contributed by atoms with Gasteiger partial charge in [0.25, 0.3) is 0 Å². The van der Waals surface area contributed by atoms with Crippen LogP contribution in [-0.2, 0) is 24.1 Å². The number of benzene rings is 2. The van der Waals surface area contributed by atoms with Crippen molar-refractivity contribution >= 4 is 39.0 Å². The third-order valence-electron chi connectivity index (χ3n) is 8.09. The third kappa shape index (κ3) is 5.83. The molecule has 1 saturated carbocycles. The van der Waals surface area contributed by atoms with Crippen molar-refractivity contribution in [1.82, 2.24) is 15.3 Å². The maximum atomic E-state index is 14.4. The summed E-state index contributed by atoms with van der Waals surface area (Å²) in [4.78, 5) is 24.4. The number of ether oxygens (including phenoxy) is 2. The maximum Gasteiger partial charge on any atom is 0.319 e. The fraction of sp³-hybridized carbons (Fsp3) is 0.433. The fourth-order valence-electron chi connectivity index (χ4n) is 5.50. The molecule has 0 unspecified atom stereocenters. The van der Waals surface area contributed by atoms with E-state index >= 15 is 0 Å². The highest BCUT2D eigenvalue weighted by Crippen LogP contribution is 2.44. The molecule has 1 aromatic heterocycles. The molecule has 1 aliphatic carbocycles. The predicted molar refractivity (Wildman–Crippen MR) is 161 cm³/mol. The van der Waals surface area contributed by atoms with Gasteiger partial charge < -0.3 is 25.0 Å². The Morgan fingerprint density at radius 2 is 1.71 bits per heavy atom. The second kappa shape index (κ2) is 11.8. The van der Waals surface area contributed by atoms with E-state index in [2.05, 4.69) is 22.5 Å². The average molecular weight is 612 g/mol. The number of urea groups is 1. The summed E-state index contributed by atoms with van der Waals surface area (Å²) in [6.07, 6.45) is 2.52. The van der Waals surface area contributed by atoms with Crippen molar-refractivity contribution in [3.05, 3.63) is 65.3 Å². The summed E-state index contributed by atoms with van der Waals surface area (Å²) in [6.45, 7) is 4.35. The zero-order chi connectivity index (χ0) is 29.3. The number of nitrogens with one attached hydrogen (secondary N) is 2. The Hall–Kier alpha value is -3.25. The van der Waals surface area contributed by atoms with Crippen LogP contribution in [0.1, 0.15) is 38.3 Å². The molecular formula is C30H34ClN5O5S. The van der Waals surface area contributed by atoms with Gasteiger partial charge in [0.2, 0.25) is 0 Å². The monoisotopic (exact) mass is 611 g/mol. The van der Waals surface area contributed by atoms with Gasteiger partial charge in [0.1, 0.15) is 10.6 Å². The van der Waals surface area contributed by atoms with Crippen molar-refractivity contribution in [3.8, 4) is 11.4 Å². The number of sulfone groups is 1. The van der Waals surface area contributed by atoms with E-state index in [1.54, 1.807) is 36.4 Å². The summed E-state index contributed by atoms with van der Waals surface area (Å²) < 4.78 is 38.8. The number of carbonyl (C=O) groups is 1. The van der Waals surface area contributed by atoms with E-state index in [4.69, 9.17) is 31.0 Å². The maximum absolute atomic E-state index is 14.4. The standard InChI is InChI=1S/C30H34ClN5O5S/c1-20-19-41-17-14-36(20)27-18-26(30(12-15-40-16-13-30)42(38,39)25-10-4-22(31)5-11-25)34-28(35-27)21-2-6-23(7-3-21)32-29(37)33-24-8-9-24/h2-7,10-11,18,20,24H,8-9,12-17,19H2,1H3,(H2,32,33,37)/t20-/m0/s1. The summed E-state index contributed by atoms with van der Waals surface area (Å²) >= 11 is 6.09. The Bertz CT molecular complexity index is 1540. The van der Waals surface area contributed by atoms with Crippen molar-refractivity contribution in [1.29, 1.82) is 0 Å². The number of morpholine rings is 1. The average Bonchev–Trinajstić information content (AvgIpc) is 3.82. The number of halogens is 1. The SMILES string of the molecule is C[C@H]1COCCN1c1cc(C2(S(=O)(=O)c3ccc(Cl)cc3)CCOCC2)nc(-c2ccc(NC(=O)NC3CC3)cc2)n1. The van der Waals surface area contributed by atoms with Gasteiger partial charge >= 0.3 is 6.03 Å². The van der Waals surface area contributed by atoms with E-state index in [0.717, 1.165) is 12.8 Å². The molecule has 0 bridgehead atoms. The van der Waals surface area contributed by atoms with Crippen LogP contribution in [0.25, 0.3) is 11.4 Å². The van der Waals surface area contributed by atoms with Crippen molar-refractivity contribution in [2.24, 2.45) is 0 Å². The van der Waals surface area contributed by atoms with Gasteiger partial charge in [-0.05, 0) is 81.1 Å². The molecule has 2 N–H and O–H groups in total. The van der Waals surface area contributed by atoms with E-state index in [0.29, 0.717) is 66.6 Å². The molecule has 1 atom stereocenters. The van der Waals surface area contributed by atoms with Crippen molar-refractivity contribution in [2.75, 3.05) is 43.2 Å². The Labute approximate surface area is 250 Å². The molecule has 42 heavy (non-hydrogen) atoms. The number of rotatable bonds is 7. The number of nitrogens with zero attached hydrogens (tertiary/aromatic N) is 3. The summed E-state index contributed by atoms with van der Waals surface area (Å²) in [5.74, 6) is 1.06. The minimum absolute atomic E-state index is 0.0458. The lowest BCUT2D eigenvalue weighted by Crippen LogP contribution is -2.45. The van der Waals surface area contributed by atoms with Crippen LogP contribution in [0.5, 0.6) is 0 Å². The van der Waals surface area contributed by atoms with E-state index in [1.165, 1.54) is 0 Å². The number of amides is 2.